The number of rotatable bonds is 2. The highest BCUT2D eigenvalue weighted by atomic mass is 16.5. The second-order valence-electron chi connectivity index (χ2n) is 5.41. The van der Waals surface area contributed by atoms with E-state index >= 15 is 0 Å². The molecule has 0 spiro atoms. The summed E-state index contributed by atoms with van der Waals surface area (Å²) in [6.45, 7) is 0.740. The van der Waals surface area contributed by atoms with E-state index in [0.717, 1.165) is 24.6 Å². The van der Waals surface area contributed by atoms with Crippen LogP contribution in [-0.2, 0) is 0 Å². The summed E-state index contributed by atoms with van der Waals surface area (Å²) in [5, 5.41) is 0. The summed E-state index contributed by atoms with van der Waals surface area (Å²) in [4.78, 5) is 0. The molecule has 2 N–H and O–H groups in total. The van der Waals surface area contributed by atoms with Crippen LogP contribution in [0.4, 0.5) is 0 Å². The van der Waals surface area contributed by atoms with Crippen LogP contribution >= 0.6 is 0 Å². The van der Waals surface area contributed by atoms with Crippen molar-refractivity contribution in [3.8, 4) is 5.75 Å². The second kappa shape index (κ2) is 4.69. The van der Waals surface area contributed by atoms with Crippen LogP contribution in [0.25, 0.3) is 0 Å². The predicted molar refractivity (Wildman–Crippen MR) is 69.2 cm³/mol. The van der Waals surface area contributed by atoms with Crippen LogP contribution in [-0.4, -0.2) is 12.6 Å². The van der Waals surface area contributed by atoms with Gasteiger partial charge in [0, 0.05) is 5.92 Å². The molecular formula is C15H21NO. The van der Waals surface area contributed by atoms with E-state index in [1.807, 2.05) is 0 Å². The molecule has 1 aliphatic carbocycles. The lowest BCUT2D eigenvalue weighted by molar-refractivity contribution is 0.102. The lowest BCUT2D eigenvalue weighted by atomic mass is 9.84. The first kappa shape index (κ1) is 11.1. The quantitative estimate of drug-likeness (QED) is 0.849. The Morgan fingerprint density at radius 3 is 2.71 bits per heavy atom. The molecule has 0 radical (unpaired) electrons. The second-order valence-corrected chi connectivity index (χ2v) is 5.41. The van der Waals surface area contributed by atoms with Gasteiger partial charge in [-0.3, -0.25) is 0 Å². The smallest absolute Gasteiger partial charge is 0.123 e. The third-order valence-corrected chi connectivity index (χ3v) is 4.36. The molecule has 2 atom stereocenters. The van der Waals surface area contributed by atoms with Crippen LogP contribution in [0.2, 0.25) is 0 Å². The van der Waals surface area contributed by atoms with Gasteiger partial charge >= 0.3 is 0 Å². The third-order valence-electron chi connectivity index (χ3n) is 4.36. The van der Waals surface area contributed by atoms with Gasteiger partial charge in [-0.15, -0.1) is 0 Å². The number of nitrogens with two attached hydrogens (primary N) is 1. The zero-order valence-electron chi connectivity index (χ0n) is 10.3. The molecule has 3 rings (SSSR count). The van der Waals surface area contributed by atoms with Gasteiger partial charge in [-0.25, -0.2) is 0 Å². The average molecular weight is 231 g/mol. The van der Waals surface area contributed by atoms with Gasteiger partial charge < -0.3 is 10.5 Å². The van der Waals surface area contributed by atoms with Crippen LogP contribution in [0, 0.1) is 5.92 Å². The maximum atomic E-state index is 6.19. The van der Waals surface area contributed by atoms with Crippen LogP contribution in [0.15, 0.2) is 24.3 Å². The van der Waals surface area contributed by atoms with Gasteiger partial charge in [0.15, 0.2) is 0 Å². The van der Waals surface area contributed by atoms with Crippen LogP contribution in [0.5, 0.6) is 5.75 Å². The molecule has 2 unspecified atom stereocenters. The van der Waals surface area contributed by atoms with Crippen LogP contribution in [0.3, 0.4) is 0 Å². The highest BCUT2D eigenvalue weighted by molar-refractivity contribution is 5.38. The van der Waals surface area contributed by atoms with E-state index in [1.165, 1.54) is 31.2 Å². The third kappa shape index (κ3) is 2.06. The number of ether oxygens (including phenoxy) is 1. The van der Waals surface area contributed by atoms with Crippen molar-refractivity contribution in [1.82, 2.24) is 0 Å². The first-order valence-corrected chi connectivity index (χ1v) is 6.84. The van der Waals surface area contributed by atoms with Gasteiger partial charge in [0.2, 0.25) is 0 Å². The van der Waals surface area contributed by atoms with Crippen molar-refractivity contribution in [3.63, 3.8) is 0 Å². The largest absolute Gasteiger partial charge is 0.490 e. The lowest BCUT2D eigenvalue weighted by Crippen LogP contribution is -2.33. The van der Waals surface area contributed by atoms with Gasteiger partial charge in [-0.2, -0.15) is 0 Å². The Morgan fingerprint density at radius 1 is 1.18 bits per heavy atom. The van der Waals surface area contributed by atoms with Crippen molar-refractivity contribution in [3.05, 3.63) is 29.8 Å². The van der Waals surface area contributed by atoms with Gasteiger partial charge in [0.25, 0.3) is 0 Å². The number of hydrogen-bond acceptors (Lipinski definition) is 2. The Kier molecular flexibility index (Phi) is 3.06. The molecule has 1 heterocycles. The topological polar surface area (TPSA) is 35.2 Å². The molecule has 0 bridgehead atoms. The zero-order valence-corrected chi connectivity index (χ0v) is 10.3. The van der Waals surface area contributed by atoms with E-state index in [-0.39, 0.29) is 0 Å². The number of para-hydroxylation sites is 1. The number of fused-ring (bicyclic) bond motifs is 1. The molecule has 1 aliphatic heterocycles. The van der Waals surface area contributed by atoms with E-state index in [0.29, 0.717) is 12.0 Å². The number of hydrogen-bond donors (Lipinski definition) is 1. The monoisotopic (exact) mass is 231 g/mol. The Hall–Kier alpha value is -1.02. The van der Waals surface area contributed by atoms with Crippen LogP contribution < -0.4 is 10.5 Å². The van der Waals surface area contributed by atoms with Gasteiger partial charge in [-0.05, 0) is 43.4 Å². The van der Waals surface area contributed by atoms with E-state index in [9.17, 15) is 0 Å². The SMILES string of the molecule is NCC1CC(C2CCCC2)Oc2ccccc21. The maximum Gasteiger partial charge on any atom is 0.123 e. The molecule has 1 aromatic carbocycles. The standard InChI is InChI=1S/C15H21NO/c16-10-12-9-15(11-5-1-2-6-11)17-14-8-4-3-7-13(12)14/h3-4,7-8,11-12,15H,1-2,5-6,9-10,16H2. The Morgan fingerprint density at radius 2 is 1.94 bits per heavy atom. The highest BCUT2D eigenvalue weighted by Crippen LogP contribution is 2.41. The molecule has 2 heteroatoms. The molecule has 0 saturated heterocycles. The predicted octanol–water partition coefficient (Wildman–Crippen LogP) is 3.07. The molecule has 1 aromatic rings. The molecule has 2 aliphatic rings. The summed E-state index contributed by atoms with van der Waals surface area (Å²) < 4.78 is 6.19. The zero-order chi connectivity index (χ0) is 11.7. The molecule has 0 amide bonds. The normalized spacial score (nSPS) is 28.8. The summed E-state index contributed by atoms with van der Waals surface area (Å²) in [6.07, 6.45) is 6.94. The fraction of sp³-hybridized carbons (Fsp3) is 0.600. The fourth-order valence-electron chi connectivity index (χ4n) is 3.38. The van der Waals surface area contributed by atoms with Crippen molar-refractivity contribution in [2.24, 2.45) is 11.7 Å². The summed E-state index contributed by atoms with van der Waals surface area (Å²) in [6, 6.07) is 8.40. The van der Waals surface area contributed by atoms with Crippen molar-refractivity contribution < 1.29 is 4.74 Å². The van der Waals surface area contributed by atoms with E-state index in [2.05, 4.69) is 24.3 Å². The van der Waals surface area contributed by atoms with Gasteiger partial charge in [0.05, 0.1) is 0 Å². The minimum atomic E-state index is 0.404. The summed E-state index contributed by atoms with van der Waals surface area (Å²) in [5.74, 6) is 2.33. The fourth-order valence-corrected chi connectivity index (χ4v) is 3.38. The highest BCUT2D eigenvalue weighted by Gasteiger charge is 2.33. The Labute approximate surface area is 103 Å². The average Bonchev–Trinajstić information content (AvgIpc) is 2.91. The van der Waals surface area contributed by atoms with E-state index in [4.69, 9.17) is 10.5 Å². The van der Waals surface area contributed by atoms with Gasteiger partial charge in [0.1, 0.15) is 11.9 Å². The van der Waals surface area contributed by atoms with Crippen molar-refractivity contribution >= 4 is 0 Å². The molecule has 1 saturated carbocycles. The minimum absolute atomic E-state index is 0.404. The summed E-state index contributed by atoms with van der Waals surface area (Å²) in [5.41, 5.74) is 7.23. The van der Waals surface area contributed by atoms with Crippen molar-refractivity contribution in [2.75, 3.05) is 6.54 Å². The first-order chi connectivity index (χ1) is 8.38. The van der Waals surface area contributed by atoms with Gasteiger partial charge in [-0.1, -0.05) is 31.0 Å². The van der Waals surface area contributed by atoms with E-state index < -0.39 is 0 Å². The van der Waals surface area contributed by atoms with E-state index in [1.54, 1.807) is 0 Å². The first-order valence-electron chi connectivity index (χ1n) is 6.84. The number of benzene rings is 1. The molecule has 92 valence electrons. The van der Waals surface area contributed by atoms with Crippen molar-refractivity contribution in [2.45, 2.75) is 44.1 Å². The molecule has 2 nitrogen and oxygen atoms in total. The molecule has 17 heavy (non-hydrogen) atoms. The minimum Gasteiger partial charge on any atom is -0.490 e. The molecular weight excluding hydrogens is 210 g/mol. The molecule has 1 fully saturated rings. The molecule has 0 aromatic heterocycles. The summed E-state index contributed by atoms with van der Waals surface area (Å²) in [7, 11) is 0. The Balaban J connectivity index is 1.84. The summed E-state index contributed by atoms with van der Waals surface area (Å²) >= 11 is 0. The lowest BCUT2D eigenvalue weighted by Gasteiger charge is -2.34. The maximum absolute atomic E-state index is 6.19. The Bertz CT molecular complexity index is 384. The van der Waals surface area contributed by atoms with Crippen LogP contribution in [0.1, 0.15) is 43.6 Å². The van der Waals surface area contributed by atoms with Crippen molar-refractivity contribution in [1.29, 1.82) is 0 Å².